The molecule has 1 saturated heterocycles. The van der Waals surface area contributed by atoms with Gasteiger partial charge in [0.1, 0.15) is 12.4 Å². The Morgan fingerprint density at radius 2 is 2.12 bits per heavy atom. The zero-order valence-electron chi connectivity index (χ0n) is 14.3. The summed E-state index contributed by atoms with van der Waals surface area (Å²) in [5, 5.41) is 8.90. The van der Waals surface area contributed by atoms with E-state index in [1.54, 1.807) is 4.90 Å². The lowest BCUT2D eigenvalue weighted by atomic mass is 10.1. The van der Waals surface area contributed by atoms with Crippen LogP contribution in [0.4, 0.5) is 10.2 Å². The van der Waals surface area contributed by atoms with Crippen molar-refractivity contribution in [3.8, 4) is 5.75 Å². The fourth-order valence-corrected chi connectivity index (χ4v) is 2.94. The second-order valence-corrected chi connectivity index (χ2v) is 6.08. The smallest absolute Gasteiger partial charge is 0.337 e. The predicted octanol–water partition coefficient (Wildman–Crippen LogP) is 2.98. The van der Waals surface area contributed by atoms with Crippen LogP contribution in [-0.2, 0) is 4.74 Å². The minimum atomic E-state index is -1.19. The van der Waals surface area contributed by atoms with Gasteiger partial charge in [-0.15, -0.1) is 0 Å². The summed E-state index contributed by atoms with van der Waals surface area (Å²) in [6.45, 7) is 2.07. The van der Waals surface area contributed by atoms with E-state index < -0.39 is 11.8 Å². The van der Waals surface area contributed by atoms with Gasteiger partial charge in [-0.2, -0.15) is 0 Å². The van der Waals surface area contributed by atoms with Crippen LogP contribution in [0.25, 0.3) is 0 Å². The number of ether oxygens (including phenoxy) is 2. The fraction of sp³-hybridized carbons (Fsp3) is 0.368. The molecule has 1 N–H and O–H groups in total. The van der Waals surface area contributed by atoms with Gasteiger partial charge in [0.2, 0.25) is 0 Å². The van der Waals surface area contributed by atoms with Crippen molar-refractivity contribution in [2.75, 3.05) is 31.2 Å². The summed E-state index contributed by atoms with van der Waals surface area (Å²) in [6.07, 6.45) is 2.88. The number of pyridine rings is 1. The average molecular weight is 360 g/mol. The largest absolute Gasteiger partial charge is 0.491 e. The maximum atomic E-state index is 14.2. The van der Waals surface area contributed by atoms with E-state index >= 15 is 0 Å². The summed E-state index contributed by atoms with van der Waals surface area (Å²) in [5.41, 5.74) is -0.158. The Balaban J connectivity index is 1.50. The minimum Gasteiger partial charge on any atom is -0.491 e. The molecule has 1 aliphatic heterocycles. The molecule has 0 radical (unpaired) electrons. The summed E-state index contributed by atoms with van der Waals surface area (Å²) >= 11 is 0. The molecule has 6 nitrogen and oxygen atoms in total. The second-order valence-electron chi connectivity index (χ2n) is 6.08. The Bertz CT molecular complexity index is 742. The summed E-state index contributed by atoms with van der Waals surface area (Å²) in [6, 6.07) is 10.5. The van der Waals surface area contributed by atoms with Crippen LogP contribution in [0.2, 0.25) is 0 Å². The molecule has 0 bridgehead atoms. The number of carboxylic acid groups (broad SMARTS) is 1. The van der Waals surface area contributed by atoms with E-state index in [2.05, 4.69) is 4.98 Å². The molecule has 26 heavy (non-hydrogen) atoms. The fourth-order valence-electron chi connectivity index (χ4n) is 2.94. The third kappa shape index (κ3) is 4.70. The zero-order chi connectivity index (χ0) is 18.4. The highest BCUT2D eigenvalue weighted by atomic mass is 19.1. The molecular weight excluding hydrogens is 339 g/mol. The number of hydrogen-bond donors (Lipinski definition) is 1. The lowest BCUT2D eigenvalue weighted by Crippen LogP contribution is -2.41. The normalized spacial score (nSPS) is 17.1. The Labute approximate surface area is 151 Å². The van der Waals surface area contributed by atoms with Crippen molar-refractivity contribution in [1.29, 1.82) is 0 Å². The molecule has 2 aromatic rings. The molecule has 0 amide bonds. The number of aromatic carboxylic acids is 1. The number of piperidine rings is 1. The summed E-state index contributed by atoms with van der Waals surface area (Å²) < 4.78 is 25.6. The minimum absolute atomic E-state index is 0.0385. The van der Waals surface area contributed by atoms with Gasteiger partial charge in [-0.25, -0.2) is 14.2 Å². The number of halogens is 1. The molecule has 138 valence electrons. The van der Waals surface area contributed by atoms with Crippen molar-refractivity contribution < 1.29 is 23.8 Å². The lowest BCUT2D eigenvalue weighted by Gasteiger charge is -2.33. The van der Waals surface area contributed by atoms with Crippen LogP contribution in [0.1, 0.15) is 23.2 Å². The Kier molecular flexibility index (Phi) is 6.01. The van der Waals surface area contributed by atoms with E-state index in [1.807, 2.05) is 30.3 Å². The monoisotopic (exact) mass is 360 g/mol. The molecule has 0 unspecified atom stereocenters. The molecule has 0 aliphatic carbocycles. The molecule has 1 aliphatic rings. The number of anilines is 1. The molecule has 7 heteroatoms. The maximum absolute atomic E-state index is 14.2. The zero-order valence-corrected chi connectivity index (χ0v) is 14.3. The topological polar surface area (TPSA) is 71.9 Å². The summed E-state index contributed by atoms with van der Waals surface area (Å²) in [5.74, 6) is -0.853. The third-order valence-corrected chi connectivity index (χ3v) is 4.20. The van der Waals surface area contributed by atoms with Gasteiger partial charge in [0, 0.05) is 19.3 Å². The SMILES string of the molecule is O=C(O)c1cnc(N2CCC[C@@H](OCCOc3ccccc3)C2)c(F)c1. The number of hydrogen-bond acceptors (Lipinski definition) is 5. The Hall–Kier alpha value is -2.67. The highest BCUT2D eigenvalue weighted by Gasteiger charge is 2.24. The van der Waals surface area contributed by atoms with Crippen molar-refractivity contribution in [3.05, 3.63) is 54.0 Å². The van der Waals surface area contributed by atoms with Crippen LogP contribution in [0.15, 0.2) is 42.6 Å². The van der Waals surface area contributed by atoms with Gasteiger partial charge < -0.3 is 19.5 Å². The first-order valence-electron chi connectivity index (χ1n) is 8.56. The predicted molar refractivity (Wildman–Crippen MR) is 94.3 cm³/mol. The van der Waals surface area contributed by atoms with Crippen molar-refractivity contribution >= 4 is 11.8 Å². The van der Waals surface area contributed by atoms with Gasteiger partial charge in [-0.3, -0.25) is 0 Å². The number of aromatic nitrogens is 1. The van der Waals surface area contributed by atoms with Crippen molar-refractivity contribution in [3.63, 3.8) is 0 Å². The van der Waals surface area contributed by atoms with E-state index in [0.717, 1.165) is 24.7 Å². The van der Waals surface area contributed by atoms with Crippen LogP contribution in [-0.4, -0.2) is 48.5 Å². The number of carbonyl (C=O) groups is 1. The molecule has 0 saturated carbocycles. The standard InChI is InChI=1S/C19H21FN2O4/c20-17-11-14(19(23)24)12-21-18(17)22-8-4-7-16(13-22)26-10-9-25-15-5-2-1-3-6-15/h1-3,5-6,11-12,16H,4,7-10,13H2,(H,23,24)/t16-/m1/s1. The van der Waals surface area contributed by atoms with Crippen LogP contribution in [0, 0.1) is 5.82 Å². The number of para-hydroxylation sites is 1. The molecule has 1 atom stereocenters. The lowest BCUT2D eigenvalue weighted by molar-refractivity contribution is 0.0258. The van der Waals surface area contributed by atoms with Crippen molar-refractivity contribution in [2.24, 2.45) is 0 Å². The number of nitrogens with zero attached hydrogens (tertiary/aromatic N) is 2. The molecule has 1 fully saturated rings. The van der Waals surface area contributed by atoms with E-state index in [-0.39, 0.29) is 17.5 Å². The van der Waals surface area contributed by atoms with Crippen LogP contribution >= 0.6 is 0 Å². The number of carboxylic acids is 1. The number of rotatable bonds is 7. The molecule has 0 spiro atoms. The van der Waals surface area contributed by atoms with E-state index in [1.165, 1.54) is 6.20 Å². The van der Waals surface area contributed by atoms with Gasteiger partial charge >= 0.3 is 5.97 Å². The van der Waals surface area contributed by atoms with Crippen LogP contribution in [0.3, 0.4) is 0 Å². The summed E-state index contributed by atoms with van der Waals surface area (Å²) in [4.78, 5) is 16.7. The second kappa shape index (κ2) is 8.62. The molecule has 2 heterocycles. The van der Waals surface area contributed by atoms with Gasteiger partial charge in [0.25, 0.3) is 0 Å². The molecule has 3 rings (SSSR count). The Morgan fingerprint density at radius 1 is 1.31 bits per heavy atom. The molecular formula is C19H21FN2O4. The summed E-state index contributed by atoms with van der Waals surface area (Å²) in [7, 11) is 0. The van der Waals surface area contributed by atoms with E-state index in [9.17, 15) is 9.18 Å². The quantitative estimate of drug-likeness (QED) is 0.766. The first-order chi connectivity index (χ1) is 12.6. The van der Waals surface area contributed by atoms with Crippen molar-refractivity contribution in [2.45, 2.75) is 18.9 Å². The van der Waals surface area contributed by atoms with Gasteiger partial charge in [-0.05, 0) is 31.0 Å². The third-order valence-electron chi connectivity index (χ3n) is 4.20. The van der Waals surface area contributed by atoms with Gasteiger partial charge in [0.05, 0.1) is 18.3 Å². The first kappa shape index (κ1) is 18.1. The average Bonchev–Trinajstić information content (AvgIpc) is 2.66. The van der Waals surface area contributed by atoms with E-state index in [0.29, 0.717) is 26.3 Å². The number of benzene rings is 1. The van der Waals surface area contributed by atoms with Crippen molar-refractivity contribution in [1.82, 2.24) is 4.98 Å². The highest BCUT2D eigenvalue weighted by Crippen LogP contribution is 2.23. The molecule has 1 aromatic carbocycles. The maximum Gasteiger partial charge on any atom is 0.337 e. The first-order valence-corrected chi connectivity index (χ1v) is 8.56. The van der Waals surface area contributed by atoms with Gasteiger partial charge in [-0.1, -0.05) is 18.2 Å². The Morgan fingerprint density at radius 3 is 2.85 bits per heavy atom. The van der Waals surface area contributed by atoms with Crippen LogP contribution < -0.4 is 9.64 Å². The highest BCUT2D eigenvalue weighted by molar-refractivity contribution is 5.87. The molecule has 1 aromatic heterocycles. The van der Waals surface area contributed by atoms with E-state index in [4.69, 9.17) is 14.6 Å². The van der Waals surface area contributed by atoms with Gasteiger partial charge in [0.15, 0.2) is 11.6 Å². The van der Waals surface area contributed by atoms with Crippen LogP contribution in [0.5, 0.6) is 5.75 Å².